The van der Waals surface area contributed by atoms with Crippen LogP contribution in [0.3, 0.4) is 0 Å². The zero-order chi connectivity index (χ0) is 41.0. The average molecular weight is 792 g/mol. The Bertz CT molecular complexity index is 3610. The summed E-state index contributed by atoms with van der Waals surface area (Å²) in [5.41, 5.74) is 14.2. The van der Waals surface area contributed by atoms with Gasteiger partial charge in [-0.25, -0.2) is 4.98 Å². The van der Waals surface area contributed by atoms with Gasteiger partial charge in [0.05, 0.1) is 22.1 Å². The first-order valence-corrected chi connectivity index (χ1v) is 20.9. The highest BCUT2D eigenvalue weighted by atomic mass is 15.2. The summed E-state index contributed by atoms with van der Waals surface area (Å²) in [5.74, 6) is 1.78. The largest absolute Gasteiger partial charge is 0.307 e. The van der Waals surface area contributed by atoms with Crippen molar-refractivity contribution in [2.45, 2.75) is 0 Å². The van der Waals surface area contributed by atoms with Crippen molar-refractivity contribution in [3.05, 3.63) is 224 Å². The summed E-state index contributed by atoms with van der Waals surface area (Å²) in [6, 6.07) is 79.3. The van der Waals surface area contributed by atoms with E-state index in [-0.39, 0.29) is 0 Å². The van der Waals surface area contributed by atoms with Crippen LogP contribution in [0.25, 0.3) is 111 Å². The highest BCUT2D eigenvalue weighted by molar-refractivity contribution is 6.23. The van der Waals surface area contributed by atoms with Gasteiger partial charge in [-0.15, -0.1) is 0 Å². The Labute approximate surface area is 358 Å². The van der Waals surface area contributed by atoms with Gasteiger partial charge in [0.1, 0.15) is 0 Å². The van der Waals surface area contributed by atoms with E-state index in [2.05, 4.69) is 209 Å². The molecule has 0 aliphatic carbocycles. The van der Waals surface area contributed by atoms with Gasteiger partial charge in [0, 0.05) is 38.4 Å². The molecule has 0 spiro atoms. The maximum Gasteiger partial charge on any atom is 0.238 e. The van der Waals surface area contributed by atoms with Gasteiger partial charge in [0.2, 0.25) is 5.95 Å². The first-order chi connectivity index (χ1) is 30.7. The van der Waals surface area contributed by atoms with Crippen LogP contribution in [0.1, 0.15) is 0 Å². The highest BCUT2D eigenvalue weighted by Gasteiger charge is 2.23. The second-order valence-electron chi connectivity index (χ2n) is 15.7. The zero-order valence-electron chi connectivity index (χ0n) is 33.6. The van der Waals surface area contributed by atoms with Crippen LogP contribution in [0.15, 0.2) is 224 Å². The molecule has 5 heteroatoms. The summed E-state index contributed by atoms with van der Waals surface area (Å²) in [6.45, 7) is 0. The van der Waals surface area contributed by atoms with Crippen LogP contribution < -0.4 is 0 Å². The number of para-hydroxylation sites is 2. The molecule has 0 atom stereocenters. The Balaban J connectivity index is 1.12. The Kier molecular flexibility index (Phi) is 8.42. The molecule has 0 N–H and O–H groups in total. The first-order valence-electron chi connectivity index (χ1n) is 20.9. The molecule has 3 aromatic heterocycles. The maximum absolute atomic E-state index is 5.36. The van der Waals surface area contributed by atoms with Crippen molar-refractivity contribution >= 4 is 43.6 Å². The Morgan fingerprint density at radius 1 is 0.258 bits per heavy atom. The van der Waals surface area contributed by atoms with E-state index in [9.17, 15) is 0 Å². The van der Waals surface area contributed by atoms with E-state index < -0.39 is 0 Å². The molecule has 0 radical (unpaired) electrons. The number of nitrogens with zero attached hydrogens (tertiary/aromatic N) is 5. The average Bonchev–Trinajstić information content (AvgIpc) is 3.88. The van der Waals surface area contributed by atoms with E-state index in [1.807, 2.05) is 24.3 Å². The SMILES string of the molecule is c1ccc(-c2ccc(-c3nc(-c4ccccc4)nc(-n4c5ccccc5c5ccc6c7ccccc7n(-c7cccc(-c8cccc(-c9ccccc9)c8)c7)c6c54)n3)cc2)cc1. The molecule has 5 nitrogen and oxygen atoms in total. The van der Waals surface area contributed by atoms with E-state index in [1.54, 1.807) is 0 Å². The van der Waals surface area contributed by atoms with Gasteiger partial charge in [-0.1, -0.05) is 194 Å². The van der Waals surface area contributed by atoms with E-state index in [0.717, 1.165) is 77.3 Å². The molecule has 0 fully saturated rings. The lowest BCUT2D eigenvalue weighted by atomic mass is 9.99. The first kappa shape index (κ1) is 35.5. The molecule has 0 unspecified atom stereocenters. The fourth-order valence-electron chi connectivity index (χ4n) is 9.06. The third-order valence-electron chi connectivity index (χ3n) is 12.0. The fourth-order valence-corrected chi connectivity index (χ4v) is 9.06. The van der Waals surface area contributed by atoms with Gasteiger partial charge >= 0.3 is 0 Å². The second-order valence-corrected chi connectivity index (χ2v) is 15.7. The van der Waals surface area contributed by atoms with Crippen LogP contribution in [-0.2, 0) is 0 Å². The molecule has 0 aliphatic rings. The van der Waals surface area contributed by atoms with Crippen LogP contribution in [0, 0.1) is 0 Å². The predicted molar refractivity (Wildman–Crippen MR) is 256 cm³/mol. The van der Waals surface area contributed by atoms with E-state index in [0.29, 0.717) is 17.6 Å². The van der Waals surface area contributed by atoms with Crippen LogP contribution >= 0.6 is 0 Å². The molecule has 0 saturated heterocycles. The third kappa shape index (κ3) is 5.98. The van der Waals surface area contributed by atoms with Gasteiger partial charge in [0.25, 0.3) is 0 Å². The van der Waals surface area contributed by atoms with Gasteiger partial charge < -0.3 is 4.57 Å². The highest BCUT2D eigenvalue weighted by Crippen LogP contribution is 2.42. The summed E-state index contributed by atoms with van der Waals surface area (Å²) < 4.78 is 4.68. The molecule has 3 heterocycles. The van der Waals surface area contributed by atoms with Crippen molar-refractivity contribution < 1.29 is 0 Å². The second kappa shape index (κ2) is 14.7. The number of fused-ring (bicyclic) bond motifs is 7. The van der Waals surface area contributed by atoms with Crippen molar-refractivity contribution in [1.82, 2.24) is 24.1 Å². The van der Waals surface area contributed by atoms with Crippen molar-refractivity contribution in [2.75, 3.05) is 0 Å². The normalized spacial score (nSPS) is 11.5. The van der Waals surface area contributed by atoms with Crippen LogP contribution in [-0.4, -0.2) is 24.1 Å². The Morgan fingerprint density at radius 3 is 1.27 bits per heavy atom. The van der Waals surface area contributed by atoms with E-state index >= 15 is 0 Å². The molecule has 9 aromatic carbocycles. The van der Waals surface area contributed by atoms with Crippen LogP contribution in [0.4, 0.5) is 0 Å². The van der Waals surface area contributed by atoms with Crippen molar-refractivity contribution in [3.8, 4) is 67.8 Å². The summed E-state index contributed by atoms with van der Waals surface area (Å²) >= 11 is 0. The minimum Gasteiger partial charge on any atom is -0.307 e. The third-order valence-corrected chi connectivity index (χ3v) is 12.0. The number of hydrogen-bond donors (Lipinski definition) is 0. The summed E-state index contributed by atoms with van der Waals surface area (Å²) in [5, 5.41) is 4.59. The van der Waals surface area contributed by atoms with Crippen LogP contribution in [0.2, 0.25) is 0 Å². The maximum atomic E-state index is 5.36. The van der Waals surface area contributed by atoms with Crippen molar-refractivity contribution in [2.24, 2.45) is 0 Å². The smallest absolute Gasteiger partial charge is 0.238 e. The molecular formula is C57H37N5. The predicted octanol–water partition coefficient (Wildman–Crippen LogP) is 14.4. The molecule has 0 saturated carbocycles. The standard InChI is InChI=1S/C57H37N5/c1-4-16-38(17-5-1)40-30-32-42(33-31-40)56-58-55(41-20-8-3-9-21-41)59-57(60-56)62-52-29-13-11-27-48(52)50-35-34-49-47-26-10-12-28-51(47)61(53(49)54(50)62)46-25-15-24-45(37-46)44-23-14-22-43(36-44)39-18-6-2-7-19-39/h1-37H. The number of hydrogen-bond acceptors (Lipinski definition) is 3. The molecule has 12 aromatic rings. The van der Waals surface area contributed by atoms with Crippen molar-refractivity contribution in [3.63, 3.8) is 0 Å². The minimum absolute atomic E-state index is 0.558. The summed E-state index contributed by atoms with van der Waals surface area (Å²) in [6.07, 6.45) is 0. The van der Waals surface area contributed by atoms with Crippen LogP contribution in [0.5, 0.6) is 0 Å². The quantitative estimate of drug-likeness (QED) is 0.162. The molecule has 0 aliphatic heterocycles. The van der Waals surface area contributed by atoms with Gasteiger partial charge in [-0.3, -0.25) is 4.57 Å². The molecular weight excluding hydrogens is 755 g/mol. The summed E-state index contributed by atoms with van der Waals surface area (Å²) in [7, 11) is 0. The molecule has 0 amide bonds. The lowest BCUT2D eigenvalue weighted by Gasteiger charge is -2.14. The van der Waals surface area contributed by atoms with Gasteiger partial charge in [-0.05, 0) is 63.7 Å². The molecule has 290 valence electrons. The Hall–Kier alpha value is -8.41. The monoisotopic (exact) mass is 791 g/mol. The molecule has 62 heavy (non-hydrogen) atoms. The van der Waals surface area contributed by atoms with E-state index in [1.165, 1.54) is 16.5 Å². The Morgan fingerprint density at radius 2 is 0.661 bits per heavy atom. The molecule has 12 rings (SSSR count). The van der Waals surface area contributed by atoms with Gasteiger partial charge in [-0.2, -0.15) is 9.97 Å². The number of rotatable bonds is 7. The van der Waals surface area contributed by atoms with Crippen molar-refractivity contribution in [1.29, 1.82) is 0 Å². The topological polar surface area (TPSA) is 48.5 Å². The van der Waals surface area contributed by atoms with E-state index in [4.69, 9.17) is 15.0 Å². The summed E-state index contributed by atoms with van der Waals surface area (Å²) in [4.78, 5) is 15.8. The number of benzene rings is 9. The fraction of sp³-hybridized carbons (Fsp3) is 0. The number of aromatic nitrogens is 5. The zero-order valence-corrected chi connectivity index (χ0v) is 33.6. The molecule has 0 bridgehead atoms. The van der Waals surface area contributed by atoms with Gasteiger partial charge in [0.15, 0.2) is 11.6 Å². The lowest BCUT2D eigenvalue weighted by Crippen LogP contribution is -2.07. The lowest BCUT2D eigenvalue weighted by molar-refractivity contribution is 0.953. The minimum atomic E-state index is 0.558.